The Morgan fingerprint density at radius 3 is 2.46 bits per heavy atom. The molecule has 2 aromatic rings. The standard InChI is InChI=1S/C21H23NO6/c1-21(2,3)16-7-5-6-8-17(16)27-14-20(23)28-18-10-9-15(11-12-22(24)25)13-19(18)26-4/h5-13H,14H2,1-4H3/b12-11+. The number of benzene rings is 2. The molecule has 28 heavy (non-hydrogen) atoms. The van der Waals surface area contributed by atoms with Gasteiger partial charge in [0.15, 0.2) is 18.1 Å². The molecule has 0 amide bonds. The van der Waals surface area contributed by atoms with E-state index in [0.717, 1.165) is 11.8 Å². The molecule has 0 aromatic heterocycles. The summed E-state index contributed by atoms with van der Waals surface area (Å²) in [6.07, 6.45) is 2.14. The van der Waals surface area contributed by atoms with Gasteiger partial charge in [-0.05, 0) is 34.7 Å². The second-order valence-electron chi connectivity index (χ2n) is 7.02. The van der Waals surface area contributed by atoms with Gasteiger partial charge in [-0.3, -0.25) is 10.1 Å². The molecule has 148 valence electrons. The number of carbonyl (C=O) groups excluding carboxylic acids is 1. The van der Waals surface area contributed by atoms with E-state index in [2.05, 4.69) is 20.8 Å². The lowest BCUT2D eigenvalue weighted by atomic mass is 9.86. The van der Waals surface area contributed by atoms with Crippen LogP contribution in [0.5, 0.6) is 17.2 Å². The molecule has 0 aliphatic carbocycles. The minimum atomic E-state index is -0.587. The van der Waals surface area contributed by atoms with Crippen LogP contribution in [0, 0.1) is 10.1 Å². The lowest BCUT2D eigenvalue weighted by Crippen LogP contribution is -2.20. The Hall–Kier alpha value is -3.35. The van der Waals surface area contributed by atoms with Crippen molar-refractivity contribution in [2.24, 2.45) is 0 Å². The number of esters is 1. The number of carbonyl (C=O) groups is 1. The molecular weight excluding hydrogens is 362 g/mol. The van der Waals surface area contributed by atoms with E-state index in [4.69, 9.17) is 14.2 Å². The predicted octanol–water partition coefficient (Wildman–Crippen LogP) is 4.22. The maximum absolute atomic E-state index is 12.2. The van der Waals surface area contributed by atoms with Crippen molar-refractivity contribution in [1.82, 2.24) is 0 Å². The molecule has 0 radical (unpaired) electrons. The highest BCUT2D eigenvalue weighted by molar-refractivity contribution is 5.75. The minimum absolute atomic E-state index is 0.128. The fraction of sp³-hybridized carbons (Fsp3) is 0.286. The third-order valence-corrected chi connectivity index (χ3v) is 3.84. The number of ether oxygens (including phenoxy) is 3. The molecule has 0 bridgehead atoms. The Bertz CT molecular complexity index is 883. The summed E-state index contributed by atoms with van der Waals surface area (Å²) < 4.78 is 16.2. The Labute approximate surface area is 163 Å². The lowest BCUT2D eigenvalue weighted by Gasteiger charge is -2.22. The van der Waals surface area contributed by atoms with E-state index < -0.39 is 10.9 Å². The average molecular weight is 385 g/mol. The summed E-state index contributed by atoms with van der Waals surface area (Å²) in [5, 5.41) is 10.4. The molecule has 0 aliphatic heterocycles. The molecule has 0 saturated carbocycles. The summed E-state index contributed by atoms with van der Waals surface area (Å²) in [6, 6.07) is 12.2. The van der Waals surface area contributed by atoms with E-state index in [0.29, 0.717) is 11.3 Å². The quantitative estimate of drug-likeness (QED) is 0.307. The average Bonchev–Trinajstić information content (AvgIpc) is 2.65. The molecule has 0 saturated heterocycles. The Balaban J connectivity index is 2.07. The first-order chi connectivity index (χ1) is 13.2. The van der Waals surface area contributed by atoms with Gasteiger partial charge in [-0.1, -0.05) is 45.0 Å². The highest BCUT2D eigenvalue weighted by atomic mass is 16.6. The number of rotatable bonds is 7. The first-order valence-corrected chi connectivity index (χ1v) is 8.63. The van der Waals surface area contributed by atoms with Crippen molar-refractivity contribution in [2.45, 2.75) is 26.2 Å². The molecule has 0 N–H and O–H groups in total. The van der Waals surface area contributed by atoms with E-state index >= 15 is 0 Å². The monoisotopic (exact) mass is 385 g/mol. The van der Waals surface area contributed by atoms with Crippen molar-refractivity contribution < 1.29 is 23.9 Å². The van der Waals surface area contributed by atoms with Gasteiger partial charge in [0.1, 0.15) is 5.75 Å². The number of hydrogen-bond acceptors (Lipinski definition) is 6. The summed E-state index contributed by atoms with van der Waals surface area (Å²) in [5.74, 6) is 0.530. The minimum Gasteiger partial charge on any atom is -0.493 e. The number of methoxy groups -OCH3 is 1. The summed E-state index contributed by atoms with van der Waals surface area (Å²) in [5.41, 5.74) is 1.41. The second kappa shape index (κ2) is 9.03. The fourth-order valence-electron chi connectivity index (χ4n) is 2.52. The molecule has 7 nitrogen and oxygen atoms in total. The van der Waals surface area contributed by atoms with Crippen molar-refractivity contribution in [3.05, 3.63) is 69.9 Å². The molecule has 2 aromatic carbocycles. The van der Waals surface area contributed by atoms with Gasteiger partial charge >= 0.3 is 5.97 Å². The van der Waals surface area contributed by atoms with Gasteiger partial charge in [0, 0.05) is 6.08 Å². The highest BCUT2D eigenvalue weighted by Gasteiger charge is 2.19. The smallest absolute Gasteiger partial charge is 0.349 e. The molecular formula is C21H23NO6. The normalized spacial score (nSPS) is 11.3. The van der Waals surface area contributed by atoms with Gasteiger partial charge in [0.25, 0.3) is 0 Å². The Kier molecular flexibility index (Phi) is 6.76. The zero-order chi connectivity index (χ0) is 20.7. The van der Waals surface area contributed by atoms with Crippen LogP contribution in [0.3, 0.4) is 0 Å². The van der Waals surface area contributed by atoms with Crippen LogP contribution < -0.4 is 14.2 Å². The van der Waals surface area contributed by atoms with Crippen LogP contribution in [0.25, 0.3) is 6.08 Å². The van der Waals surface area contributed by atoms with Crippen LogP contribution in [0.1, 0.15) is 31.9 Å². The van der Waals surface area contributed by atoms with Crippen LogP contribution in [0.4, 0.5) is 0 Å². The zero-order valence-corrected chi connectivity index (χ0v) is 16.3. The van der Waals surface area contributed by atoms with Gasteiger partial charge < -0.3 is 14.2 Å². The van der Waals surface area contributed by atoms with Crippen LogP contribution in [0.2, 0.25) is 0 Å². The number of hydrogen-bond donors (Lipinski definition) is 0. The molecule has 0 aliphatic rings. The molecule has 0 heterocycles. The van der Waals surface area contributed by atoms with Crippen LogP contribution in [-0.4, -0.2) is 24.6 Å². The van der Waals surface area contributed by atoms with E-state index in [1.165, 1.54) is 19.3 Å². The van der Waals surface area contributed by atoms with Crippen molar-refractivity contribution in [3.8, 4) is 17.2 Å². The Morgan fingerprint density at radius 1 is 1.11 bits per heavy atom. The zero-order valence-electron chi connectivity index (χ0n) is 16.3. The molecule has 0 atom stereocenters. The fourth-order valence-corrected chi connectivity index (χ4v) is 2.52. The number of nitrogens with zero attached hydrogens (tertiary/aromatic N) is 1. The van der Waals surface area contributed by atoms with E-state index in [1.54, 1.807) is 12.1 Å². The van der Waals surface area contributed by atoms with Crippen molar-refractivity contribution in [3.63, 3.8) is 0 Å². The summed E-state index contributed by atoms with van der Waals surface area (Å²) in [6.45, 7) is 5.92. The van der Waals surface area contributed by atoms with E-state index in [-0.39, 0.29) is 23.5 Å². The van der Waals surface area contributed by atoms with Gasteiger partial charge in [-0.25, -0.2) is 4.79 Å². The van der Waals surface area contributed by atoms with Crippen LogP contribution in [-0.2, 0) is 10.2 Å². The number of nitro groups is 1. The van der Waals surface area contributed by atoms with Gasteiger partial charge in [-0.15, -0.1) is 0 Å². The summed E-state index contributed by atoms with van der Waals surface area (Å²) in [7, 11) is 1.42. The lowest BCUT2D eigenvalue weighted by molar-refractivity contribution is -0.400. The van der Waals surface area contributed by atoms with Gasteiger partial charge in [0.2, 0.25) is 6.20 Å². The van der Waals surface area contributed by atoms with E-state index in [1.807, 2.05) is 24.3 Å². The predicted molar refractivity (Wildman–Crippen MR) is 105 cm³/mol. The van der Waals surface area contributed by atoms with Crippen molar-refractivity contribution in [1.29, 1.82) is 0 Å². The maximum atomic E-state index is 12.2. The molecule has 7 heteroatoms. The van der Waals surface area contributed by atoms with Crippen LogP contribution >= 0.6 is 0 Å². The summed E-state index contributed by atoms with van der Waals surface area (Å²) >= 11 is 0. The van der Waals surface area contributed by atoms with Crippen molar-refractivity contribution in [2.75, 3.05) is 13.7 Å². The highest BCUT2D eigenvalue weighted by Crippen LogP contribution is 2.31. The topological polar surface area (TPSA) is 87.9 Å². The third kappa shape index (κ3) is 5.84. The van der Waals surface area contributed by atoms with Crippen LogP contribution in [0.15, 0.2) is 48.7 Å². The SMILES string of the molecule is COc1cc(/C=C/[N+](=O)[O-])ccc1OC(=O)COc1ccccc1C(C)(C)C. The molecule has 2 rings (SSSR count). The largest absolute Gasteiger partial charge is 0.493 e. The second-order valence-corrected chi connectivity index (χ2v) is 7.02. The molecule has 0 unspecified atom stereocenters. The maximum Gasteiger partial charge on any atom is 0.349 e. The molecule has 0 spiro atoms. The summed E-state index contributed by atoms with van der Waals surface area (Å²) in [4.78, 5) is 22.1. The Morgan fingerprint density at radius 2 is 1.82 bits per heavy atom. The third-order valence-electron chi connectivity index (χ3n) is 3.84. The molecule has 0 fully saturated rings. The van der Waals surface area contributed by atoms with E-state index in [9.17, 15) is 14.9 Å². The van der Waals surface area contributed by atoms with Gasteiger partial charge in [-0.2, -0.15) is 0 Å². The number of para-hydroxylation sites is 1. The van der Waals surface area contributed by atoms with Crippen molar-refractivity contribution >= 4 is 12.0 Å². The van der Waals surface area contributed by atoms with Gasteiger partial charge in [0.05, 0.1) is 12.0 Å². The first-order valence-electron chi connectivity index (χ1n) is 8.63. The first kappa shape index (κ1) is 21.0.